The van der Waals surface area contributed by atoms with E-state index in [0.717, 1.165) is 0 Å². The standard InChI is InChI=1S/C11H14Br2N2O3S/c1-7(11(16)15(2)3)14-19(17,18)10-6-8(12)4-5-9(10)13/h4-7,14H,1-3H3. The van der Waals surface area contributed by atoms with Crippen LogP contribution in [0.5, 0.6) is 0 Å². The molecule has 106 valence electrons. The van der Waals surface area contributed by atoms with Crippen LogP contribution in [0.2, 0.25) is 0 Å². The summed E-state index contributed by atoms with van der Waals surface area (Å²) in [7, 11) is -0.622. The molecule has 0 fully saturated rings. The summed E-state index contributed by atoms with van der Waals surface area (Å²) in [5, 5.41) is 0. The fraction of sp³-hybridized carbons (Fsp3) is 0.364. The first-order chi connectivity index (χ1) is 8.65. The Morgan fingerprint density at radius 3 is 2.42 bits per heavy atom. The minimum absolute atomic E-state index is 0.0836. The molecule has 0 saturated carbocycles. The first-order valence-electron chi connectivity index (χ1n) is 5.33. The number of carbonyl (C=O) groups excluding carboxylic acids is 1. The Morgan fingerprint density at radius 1 is 1.32 bits per heavy atom. The highest BCUT2D eigenvalue weighted by molar-refractivity contribution is 9.11. The van der Waals surface area contributed by atoms with Gasteiger partial charge in [0.15, 0.2) is 0 Å². The van der Waals surface area contributed by atoms with Crippen molar-refractivity contribution >= 4 is 47.8 Å². The normalized spacial score (nSPS) is 13.1. The Morgan fingerprint density at radius 2 is 1.89 bits per heavy atom. The molecule has 5 nitrogen and oxygen atoms in total. The zero-order chi connectivity index (χ0) is 14.8. The van der Waals surface area contributed by atoms with Crippen molar-refractivity contribution in [3.05, 3.63) is 27.1 Å². The van der Waals surface area contributed by atoms with Gasteiger partial charge in [-0.2, -0.15) is 4.72 Å². The molecule has 0 aromatic heterocycles. The molecule has 8 heteroatoms. The van der Waals surface area contributed by atoms with Crippen molar-refractivity contribution in [1.82, 2.24) is 9.62 Å². The van der Waals surface area contributed by atoms with E-state index in [1.165, 1.54) is 17.9 Å². The van der Waals surface area contributed by atoms with Crippen molar-refractivity contribution in [1.29, 1.82) is 0 Å². The maximum atomic E-state index is 12.2. The highest BCUT2D eigenvalue weighted by atomic mass is 79.9. The van der Waals surface area contributed by atoms with Crippen molar-refractivity contribution in [2.75, 3.05) is 14.1 Å². The summed E-state index contributed by atoms with van der Waals surface area (Å²) in [6.45, 7) is 1.51. The average Bonchev–Trinajstić information content (AvgIpc) is 2.30. The predicted molar refractivity (Wildman–Crippen MR) is 80.3 cm³/mol. The van der Waals surface area contributed by atoms with Gasteiger partial charge >= 0.3 is 0 Å². The molecule has 1 rings (SSSR count). The van der Waals surface area contributed by atoms with Crippen molar-refractivity contribution in [2.45, 2.75) is 17.9 Å². The molecule has 0 spiro atoms. The highest BCUT2D eigenvalue weighted by Crippen LogP contribution is 2.25. The Hall–Kier alpha value is -0.440. The van der Waals surface area contributed by atoms with Crippen LogP contribution in [0, 0.1) is 0 Å². The number of hydrogen-bond acceptors (Lipinski definition) is 3. The van der Waals surface area contributed by atoms with E-state index in [1.807, 2.05) is 0 Å². The van der Waals surface area contributed by atoms with E-state index in [1.54, 1.807) is 26.2 Å². The molecule has 1 atom stereocenters. The first-order valence-corrected chi connectivity index (χ1v) is 8.40. The summed E-state index contributed by atoms with van der Waals surface area (Å²) in [5.41, 5.74) is 0. The molecule has 1 aromatic rings. The van der Waals surface area contributed by atoms with Gasteiger partial charge in [0.1, 0.15) is 0 Å². The lowest BCUT2D eigenvalue weighted by Gasteiger charge is -2.18. The Bertz CT molecular complexity index is 588. The molecule has 0 heterocycles. The Balaban J connectivity index is 3.05. The molecule has 1 unspecified atom stereocenters. The van der Waals surface area contributed by atoms with Crippen LogP contribution in [0.25, 0.3) is 0 Å². The number of rotatable bonds is 4. The molecule has 0 aliphatic carbocycles. The van der Waals surface area contributed by atoms with Gasteiger partial charge in [0.25, 0.3) is 0 Å². The zero-order valence-electron chi connectivity index (χ0n) is 10.6. The topological polar surface area (TPSA) is 66.5 Å². The summed E-state index contributed by atoms with van der Waals surface area (Å²) in [5.74, 6) is -0.310. The number of likely N-dealkylation sites (N-methyl/N-ethyl adjacent to an activating group) is 1. The van der Waals surface area contributed by atoms with Crippen LogP contribution in [-0.2, 0) is 14.8 Å². The van der Waals surface area contributed by atoms with Crippen molar-refractivity contribution < 1.29 is 13.2 Å². The summed E-state index contributed by atoms with van der Waals surface area (Å²) in [6, 6.07) is 3.99. The maximum Gasteiger partial charge on any atom is 0.242 e. The summed E-state index contributed by atoms with van der Waals surface area (Å²) < 4.78 is 27.9. The molecule has 0 aliphatic heterocycles. The van der Waals surface area contributed by atoms with Gasteiger partial charge in [-0.05, 0) is 41.1 Å². The number of nitrogens with zero attached hydrogens (tertiary/aromatic N) is 1. The van der Waals surface area contributed by atoms with Gasteiger partial charge in [0, 0.05) is 23.0 Å². The van der Waals surface area contributed by atoms with E-state index in [-0.39, 0.29) is 10.8 Å². The molecular weight excluding hydrogens is 400 g/mol. The minimum atomic E-state index is -3.77. The Kier molecular flexibility index (Phi) is 5.54. The summed E-state index contributed by atoms with van der Waals surface area (Å²) in [4.78, 5) is 13.1. The van der Waals surface area contributed by atoms with Crippen molar-refractivity contribution in [3.63, 3.8) is 0 Å². The van der Waals surface area contributed by atoms with Gasteiger partial charge < -0.3 is 4.90 Å². The fourth-order valence-corrected chi connectivity index (χ4v) is 4.12. The van der Waals surface area contributed by atoms with E-state index in [2.05, 4.69) is 36.6 Å². The third-order valence-electron chi connectivity index (χ3n) is 2.33. The van der Waals surface area contributed by atoms with Gasteiger partial charge in [-0.15, -0.1) is 0 Å². The second-order valence-electron chi connectivity index (χ2n) is 4.15. The van der Waals surface area contributed by atoms with Crippen LogP contribution in [-0.4, -0.2) is 39.4 Å². The lowest BCUT2D eigenvalue weighted by molar-refractivity contribution is -0.130. The van der Waals surface area contributed by atoms with Crippen molar-refractivity contribution in [3.8, 4) is 0 Å². The predicted octanol–water partition coefficient (Wildman–Crippen LogP) is 1.97. The molecule has 19 heavy (non-hydrogen) atoms. The number of benzene rings is 1. The largest absolute Gasteiger partial charge is 0.347 e. The fourth-order valence-electron chi connectivity index (χ4n) is 1.42. The second-order valence-corrected chi connectivity index (χ2v) is 7.60. The summed E-state index contributed by atoms with van der Waals surface area (Å²) >= 11 is 6.41. The molecule has 1 N–H and O–H groups in total. The third kappa shape index (κ3) is 4.27. The SMILES string of the molecule is CC(NS(=O)(=O)c1cc(Br)ccc1Br)C(=O)N(C)C. The van der Waals surface area contributed by atoms with Gasteiger partial charge in [0.2, 0.25) is 15.9 Å². The summed E-state index contributed by atoms with van der Waals surface area (Å²) in [6.07, 6.45) is 0. The van der Waals surface area contributed by atoms with E-state index < -0.39 is 16.1 Å². The molecule has 1 amide bonds. The smallest absolute Gasteiger partial charge is 0.242 e. The lowest BCUT2D eigenvalue weighted by Crippen LogP contribution is -2.44. The number of halogens is 2. The second kappa shape index (κ2) is 6.34. The third-order valence-corrected chi connectivity index (χ3v) is 5.35. The molecule has 0 radical (unpaired) electrons. The van der Waals surface area contributed by atoms with Crippen LogP contribution >= 0.6 is 31.9 Å². The Labute approximate surface area is 129 Å². The monoisotopic (exact) mass is 412 g/mol. The average molecular weight is 414 g/mol. The minimum Gasteiger partial charge on any atom is -0.347 e. The lowest BCUT2D eigenvalue weighted by atomic mass is 10.3. The maximum absolute atomic E-state index is 12.2. The van der Waals surface area contributed by atoms with E-state index >= 15 is 0 Å². The molecule has 1 aromatic carbocycles. The number of amides is 1. The van der Waals surface area contributed by atoms with Crippen LogP contribution < -0.4 is 4.72 Å². The van der Waals surface area contributed by atoms with E-state index in [9.17, 15) is 13.2 Å². The molecular formula is C11H14Br2N2O3S. The van der Waals surface area contributed by atoms with Crippen LogP contribution in [0.3, 0.4) is 0 Å². The van der Waals surface area contributed by atoms with Gasteiger partial charge in [-0.3, -0.25) is 4.79 Å². The highest BCUT2D eigenvalue weighted by Gasteiger charge is 2.24. The zero-order valence-corrected chi connectivity index (χ0v) is 14.6. The number of nitrogens with one attached hydrogen (secondary N) is 1. The van der Waals surface area contributed by atoms with Crippen LogP contribution in [0.15, 0.2) is 32.0 Å². The van der Waals surface area contributed by atoms with Gasteiger partial charge in [0.05, 0.1) is 10.9 Å². The van der Waals surface area contributed by atoms with Gasteiger partial charge in [-0.1, -0.05) is 15.9 Å². The molecule has 0 bridgehead atoms. The number of carbonyl (C=O) groups is 1. The van der Waals surface area contributed by atoms with Crippen LogP contribution in [0.1, 0.15) is 6.92 Å². The van der Waals surface area contributed by atoms with Crippen LogP contribution in [0.4, 0.5) is 0 Å². The van der Waals surface area contributed by atoms with E-state index in [0.29, 0.717) is 8.95 Å². The number of sulfonamides is 1. The molecule has 0 aliphatic rings. The van der Waals surface area contributed by atoms with E-state index in [4.69, 9.17) is 0 Å². The quantitative estimate of drug-likeness (QED) is 0.820. The van der Waals surface area contributed by atoms with Crippen molar-refractivity contribution in [2.24, 2.45) is 0 Å². The first kappa shape index (κ1) is 16.6. The van der Waals surface area contributed by atoms with Gasteiger partial charge in [-0.25, -0.2) is 8.42 Å². The number of hydrogen-bond donors (Lipinski definition) is 1. The molecule has 0 saturated heterocycles.